The fourth-order valence-electron chi connectivity index (χ4n) is 1.68. The summed E-state index contributed by atoms with van der Waals surface area (Å²) in [5, 5.41) is 11.9. The molecule has 0 atom stereocenters. The van der Waals surface area contributed by atoms with Gasteiger partial charge in [0, 0.05) is 14.1 Å². The van der Waals surface area contributed by atoms with Gasteiger partial charge in [-0.3, -0.25) is 9.36 Å². The van der Waals surface area contributed by atoms with Gasteiger partial charge in [0.05, 0.1) is 5.56 Å². The van der Waals surface area contributed by atoms with Gasteiger partial charge in [-0.25, -0.2) is 4.79 Å². The Bertz CT molecular complexity index is 674. The molecule has 0 saturated heterocycles. The first-order valence-electron chi connectivity index (χ1n) is 5.06. The monoisotopic (exact) mass is 254 g/mol. The van der Waals surface area contributed by atoms with Crippen LogP contribution in [0.2, 0.25) is 0 Å². The summed E-state index contributed by atoms with van der Waals surface area (Å²) in [7, 11) is 2.72. The molecular weight excluding hydrogens is 243 g/mol. The van der Waals surface area contributed by atoms with Crippen LogP contribution in [0.1, 0.15) is 0 Å². The summed E-state index contributed by atoms with van der Waals surface area (Å²) in [6, 6.07) is 8.60. The summed E-state index contributed by atoms with van der Waals surface area (Å²) in [6.07, 6.45) is 0. The van der Waals surface area contributed by atoms with Crippen LogP contribution in [0, 0.1) is 0 Å². The molecule has 0 saturated carbocycles. The van der Waals surface area contributed by atoms with Crippen LogP contribution >= 0.6 is 0 Å². The summed E-state index contributed by atoms with van der Waals surface area (Å²) < 4.78 is 1.87. The van der Waals surface area contributed by atoms with Gasteiger partial charge in [-0.15, -0.1) is 0 Å². The van der Waals surface area contributed by atoms with Crippen molar-refractivity contribution >= 4 is 0 Å². The maximum atomic E-state index is 11.9. The van der Waals surface area contributed by atoms with Crippen molar-refractivity contribution in [1.82, 2.24) is 9.13 Å². The van der Waals surface area contributed by atoms with E-state index in [1.54, 1.807) is 30.3 Å². The average molecular weight is 254 g/mol. The summed E-state index contributed by atoms with van der Waals surface area (Å²) in [5.41, 5.74) is -0.632. The number of rotatable bonds is 1. The van der Waals surface area contributed by atoms with Gasteiger partial charge in [0.25, 0.3) is 5.56 Å². The van der Waals surface area contributed by atoms with Crippen molar-refractivity contribution in [2.24, 2.45) is 14.1 Å². The minimum atomic E-state index is -0.611. The molecule has 0 unspecified atom stereocenters. The Balaban J connectivity index is 0.00000162. The van der Waals surface area contributed by atoms with Crippen molar-refractivity contribution in [2.75, 3.05) is 0 Å². The second kappa shape index (κ2) is 5.56. The largest absolute Gasteiger partial charge is 1.00 e. The number of nitrogens with zero attached hydrogens (tertiary/aromatic N) is 2. The van der Waals surface area contributed by atoms with Crippen molar-refractivity contribution in [3.63, 3.8) is 0 Å². The van der Waals surface area contributed by atoms with E-state index in [1.165, 1.54) is 14.1 Å². The van der Waals surface area contributed by atoms with Gasteiger partial charge in [0.2, 0.25) is 0 Å². The zero-order chi connectivity index (χ0) is 12.6. The number of benzene rings is 1. The predicted molar refractivity (Wildman–Crippen MR) is 61.8 cm³/mol. The molecule has 0 amide bonds. The van der Waals surface area contributed by atoms with Crippen LogP contribution < -0.4 is 45.9 Å². The SMILES string of the molecule is Cn1c([O-])c(-c2ccccc2)c(=O)n(C)c1=O.[Na+]. The Morgan fingerprint density at radius 3 is 2.11 bits per heavy atom. The van der Waals surface area contributed by atoms with E-state index in [9.17, 15) is 14.7 Å². The van der Waals surface area contributed by atoms with E-state index in [2.05, 4.69) is 0 Å². The van der Waals surface area contributed by atoms with E-state index in [0.29, 0.717) is 5.56 Å². The molecule has 0 spiro atoms. The molecule has 88 valence electrons. The van der Waals surface area contributed by atoms with E-state index in [0.717, 1.165) is 9.13 Å². The molecule has 0 N–H and O–H groups in total. The van der Waals surface area contributed by atoms with Crippen LogP contribution in [0.3, 0.4) is 0 Å². The zero-order valence-electron chi connectivity index (χ0n) is 10.5. The molecule has 0 aliphatic carbocycles. The topological polar surface area (TPSA) is 67.1 Å². The van der Waals surface area contributed by atoms with Crippen molar-refractivity contribution in [2.45, 2.75) is 0 Å². The van der Waals surface area contributed by atoms with Crippen molar-refractivity contribution < 1.29 is 34.7 Å². The van der Waals surface area contributed by atoms with Gasteiger partial charge in [0.1, 0.15) is 0 Å². The number of hydrogen-bond acceptors (Lipinski definition) is 3. The van der Waals surface area contributed by atoms with Gasteiger partial charge < -0.3 is 9.67 Å². The molecule has 1 heterocycles. The van der Waals surface area contributed by atoms with Crippen LogP contribution in [-0.4, -0.2) is 9.13 Å². The van der Waals surface area contributed by atoms with Crippen LogP contribution in [0.5, 0.6) is 5.88 Å². The fourth-order valence-corrected chi connectivity index (χ4v) is 1.68. The van der Waals surface area contributed by atoms with Gasteiger partial charge in [-0.05, 0) is 11.4 Å². The third-order valence-corrected chi connectivity index (χ3v) is 2.67. The Labute approximate surface area is 126 Å². The molecule has 18 heavy (non-hydrogen) atoms. The van der Waals surface area contributed by atoms with E-state index in [4.69, 9.17) is 0 Å². The normalized spacial score (nSPS) is 9.89. The molecule has 0 aliphatic heterocycles. The van der Waals surface area contributed by atoms with Crippen LogP contribution in [-0.2, 0) is 14.1 Å². The quantitative estimate of drug-likeness (QED) is 0.504. The first kappa shape index (κ1) is 14.8. The Morgan fingerprint density at radius 1 is 1.00 bits per heavy atom. The molecule has 6 heteroatoms. The molecule has 0 aliphatic rings. The van der Waals surface area contributed by atoms with E-state index in [-0.39, 0.29) is 35.1 Å². The zero-order valence-corrected chi connectivity index (χ0v) is 12.5. The number of hydrogen-bond donors (Lipinski definition) is 0. The first-order valence-corrected chi connectivity index (χ1v) is 5.06. The molecule has 5 nitrogen and oxygen atoms in total. The molecule has 2 rings (SSSR count). The summed E-state index contributed by atoms with van der Waals surface area (Å²) in [4.78, 5) is 23.4. The van der Waals surface area contributed by atoms with Crippen molar-refractivity contribution in [3.8, 4) is 17.0 Å². The first-order chi connectivity index (χ1) is 8.04. The van der Waals surface area contributed by atoms with Gasteiger partial charge in [-0.1, -0.05) is 30.3 Å². The molecule has 2 aromatic rings. The molecule has 0 fully saturated rings. The molecular formula is C12H11N2NaO3. The maximum absolute atomic E-state index is 11.9. The van der Waals surface area contributed by atoms with E-state index in [1.807, 2.05) is 0 Å². The summed E-state index contributed by atoms with van der Waals surface area (Å²) in [6.45, 7) is 0. The van der Waals surface area contributed by atoms with Crippen molar-refractivity contribution in [3.05, 3.63) is 51.2 Å². The molecule has 0 bridgehead atoms. The summed E-state index contributed by atoms with van der Waals surface area (Å²) >= 11 is 0. The van der Waals surface area contributed by atoms with E-state index >= 15 is 0 Å². The van der Waals surface area contributed by atoms with Gasteiger partial charge in [-0.2, -0.15) is 0 Å². The maximum Gasteiger partial charge on any atom is 1.00 e. The second-order valence-corrected chi connectivity index (χ2v) is 3.75. The number of aromatic nitrogens is 2. The van der Waals surface area contributed by atoms with Crippen LogP contribution in [0.4, 0.5) is 0 Å². The summed E-state index contributed by atoms with van der Waals surface area (Å²) in [5.74, 6) is -0.565. The Kier molecular flexibility index (Phi) is 4.56. The third-order valence-electron chi connectivity index (χ3n) is 2.67. The Hall–Kier alpha value is -1.30. The third kappa shape index (κ3) is 2.29. The average Bonchev–Trinajstić information content (AvgIpc) is 2.36. The van der Waals surface area contributed by atoms with Crippen LogP contribution in [0.15, 0.2) is 39.9 Å². The van der Waals surface area contributed by atoms with Crippen LogP contribution in [0.25, 0.3) is 11.1 Å². The minimum Gasteiger partial charge on any atom is -0.859 e. The molecule has 1 aromatic heterocycles. The van der Waals surface area contributed by atoms with E-state index < -0.39 is 17.1 Å². The second-order valence-electron chi connectivity index (χ2n) is 3.75. The van der Waals surface area contributed by atoms with Gasteiger partial charge >= 0.3 is 35.2 Å². The fraction of sp³-hybridized carbons (Fsp3) is 0.167. The molecule has 1 aromatic carbocycles. The predicted octanol–water partition coefficient (Wildman–Crippen LogP) is -3.17. The smallest absolute Gasteiger partial charge is 0.859 e. The van der Waals surface area contributed by atoms with Crippen molar-refractivity contribution in [1.29, 1.82) is 0 Å². The Morgan fingerprint density at radius 2 is 1.56 bits per heavy atom. The van der Waals surface area contributed by atoms with Gasteiger partial charge in [0.15, 0.2) is 0 Å². The molecule has 0 radical (unpaired) electrons. The standard InChI is InChI=1S/C12H12N2O3.Na/c1-13-10(15)9(8-6-4-3-5-7-8)11(16)14(2)12(13)17;/h3-7,15H,1-2H3;/q;+1/p-1. The minimum absolute atomic E-state index is 0.